The Morgan fingerprint density at radius 2 is 1.97 bits per heavy atom. The molecule has 0 radical (unpaired) electrons. The molecule has 1 aromatic rings. The normalized spacial score (nSPS) is 33.5. The summed E-state index contributed by atoms with van der Waals surface area (Å²) in [4.78, 5) is 36.4. The number of hydrogen-bond acceptors (Lipinski definition) is 7. The van der Waals surface area contributed by atoms with E-state index >= 15 is 0 Å². The molecule has 0 bridgehead atoms. The quantitative estimate of drug-likeness (QED) is 0.429. The highest BCUT2D eigenvalue weighted by molar-refractivity contribution is 5.96. The average Bonchev–Trinajstić information content (AvgIpc) is 3.19. The molecule has 1 N–H and O–H groups in total. The molecule has 6 atom stereocenters. The van der Waals surface area contributed by atoms with E-state index in [0.29, 0.717) is 12.0 Å². The van der Waals surface area contributed by atoms with Gasteiger partial charge in [0.15, 0.2) is 5.78 Å². The molecule has 7 nitrogen and oxygen atoms in total. The van der Waals surface area contributed by atoms with Crippen molar-refractivity contribution >= 4 is 17.7 Å². The van der Waals surface area contributed by atoms with Crippen LogP contribution in [0, 0.1) is 23.2 Å². The number of furan rings is 1. The van der Waals surface area contributed by atoms with Gasteiger partial charge in [-0.15, -0.1) is 0 Å². The third-order valence-electron chi connectivity index (χ3n) is 6.92. The Hall–Kier alpha value is -2.41. The Kier molecular flexibility index (Phi) is 6.50. The van der Waals surface area contributed by atoms with Crippen LogP contribution in [0.2, 0.25) is 0 Å². The number of aliphatic hydroxyl groups excluding tert-OH is 1. The van der Waals surface area contributed by atoms with Crippen molar-refractivity contribution in [2.75, 3.05) is 6.61 Å². The molecule has 164 valence electrons. The molecular weight excluding hydrogens is 388 g/mol. The standard InChI is InChI=1S/C23H30O7/c1-13-5-6-18-17(11-24)22(30-15(3)26)21(29-14(2)25)10-23(18,4)19(13)9-20(27)16-7-8-28-12-16/h7-8,12,17-19,21-22,24H,1,5-6,9-11H2,2-4H3/t17-,18+,19+,21+,22-,23+/m0/s1. The Balaban J connectivity index is 1.96. The third-order valence-corrected chi connectivity index (χ3v) is 6.92. The van der Waals surface area contributed by atoms with Gasteiger partial charge >= 0.3 is 11.9 Å². The van der Waals surface area contributed by atoms with Crippen LogP contribution in [-0.4, -0.2) is 41.6 Å². The Bertz CT molecular complexity index is 812. The lowest BCUT2D eigenvalue weighted by atomic mass is 9.49. The van der Waals surface area contributed by atoms with Crippen LogP contribution in [0.15, 0.2) is 35.2 Å². The van der Waals surface area contributed by atoms with E-state index in [1.54, 1.807) is 6.07 Å². The summed E-state index contributed by atoms with van der Waals surface area (Å²) >= 11 is 0. The van der Waals surface area contributed by atoms with Crippen molar-refractivity contribution in [3.63, 3.8) is 0 Å². The van der Waals surface area contributed by atoms with Crippen molar-refractivity contribution in [1.82, 2.24) is 0 Å². The molecule has 30 heavy (non-hydrogen) atoms. The predicted molar refractivity (Wildman–Crippen MR) is 107 cm³/mol. The number of ether oxygens (including phenoxy) is 2. The summed E-state index contributed by atoms with van der Waals surface area (Å²) < 4.78 is 16.1. The Morgan fingerprint density at radius 1 is 1.27 bits per heavy atom. The maximum atomic E-state index is 12.9. The van der Waals surface area contributed by atoms with Crippen LogP contribution in [0.4, 0.5) is 0 Å². The minimum Gasteiger partial charge on any atom is -0.472 e. The van der Waals surface area contributed by atoms with Crippen LogP contribution < -0.4 is 0 Å². The van der Waals surface area contributed by atoms with E-state index in [1.165, 1.54) is 26.4 Å². The highest BCUT2D eigenvalue weighted by atomic mass is 16.6. The van der Waals surface area contributed by atoms with Gasteiger partial charge in [-0.05, 0) is 42.6 Å². The zero-order valence-corrected chi connectivity index (χ0v) is 17.8. The van der Waals surface area contributed by atoms with Gasteiger partial charge in [-0.2, -0.15) is 0 Å². The molecule has 2 aliphatic carbocycles. The fourth-order valence-electron chi connectivity index (χ4n) is 5.63. The van der Waals surface area contributed by atoms with Crippen LogP contribution in [0.3, 0.4) is 0 Å². The largest absolute Gasteiger partial charge is 0.472 e. The summed E-state index contributed by atoms with van der Waals surface area (Å²) in [7, 11) is 0. The lowest BCUT2D eigenvalue weighted by Gasteiger charge is -2.57. The molecule has 0 aliphatic heterocycles. The van der Waals surface area contributed by atoms with Gasteiger partial charge in [0.2, 0.25) is 0 Å². The van der Waals surface area contributed by atoms with E-state index < -0.39 is 35.5 Å². The molecule has 0 unspecified atom stereocenters. The second kappa shape index (κ2) is 8.76. The summed E-state index contributed by atoms with van der Waals surface area (Å²) in [5.41, 5.74) is 1.05. The lowest BCUT2D eigenvalue weighted by molar-refractivity contribution is -0.200. The number of Topliss-reactive ketones (excluding diaryl/α,β-unsaturated/α-hetero) is 1. The second-order valence-electron chi connectivity index (χ2n) is 8.77. The van der Waals surface area contributed by atoms with Crippen LogP contribution >= 0.6 is 0 Å². The zero-order valence-electron chi connectivity index (χ0n) is 17.8. The van der Waals surface area contributed by atoms with E-state index in [9.17, 15) is 19.5 Å². The number of hydrogen-bond donors (Lipinski definition) is 1. The number of carbonyl (C=O) groups is 3. The molecule has 1 aromatic heterocycles. The average molecular weight is 418 g/mol. The van der Waals surface area contributed by atoms with Crippen molar-refractivity contribution in [1.29, 1.82) is 0 Å². The summed E-state index contributed by atoms with van der Waals surface area (Å²) in [6.07, 6.45) is 3.67. The van der Waals surface area contributed by atoms with Crippen molar-refractivity contribution in [2.24, 2.45) is 23.2 Å². The molecule has 2 fully saturated rings. The summed E-state index contributed by atoms with van der Waals surface area (Å²) in [5.74, 6) is -1.54. The molecule has 0 amide bonds. The molecule has 0 saturated heterocycles. The van der Waals surface area contributed by atoms with Gasteiger partial charge in [0.25, 0.3) is 0 Å². The number of aliphatic hydroxyl groups is 1. The molecule has 0 aromatic carbocycles. The van der Waals surface area contributed by atoms with Gasteiger partial charge < -0.3 is 19.0 Å². The van der Waals surface area contributed by atoms with E-state index in [4.69, 9.17) is 13.9 Å². The first kappa shape index (κ1) is 22.3. The fraction of sp³-hybridized carbons (Fsp3) is 0.609. The maximum absolute atomic E-state index is 12.9. The molecule has 7 heteroatoms. The molecule has 1 heterocycles. The highest BCUT2D eigenvalue weighted by Gasteiger charge is 2.58. The van der Waals surface area contributed by atoms with Gasteiger partial charge in [0.05, 0.1) is 11.8 Å². The van der Waals surface area contributed by atoms with Gasteiger partial charge in [-0.1, -0.05) is 19.1 Å². The van der Waals surface area contributed by atoms with E-state index in [0.717, 1.165) is 18.4 Å². The van der Waals surface area contributed by atoms with Crippen molar-refractivity contribution in [3.8, 4) is 0 Å². The van der Waals surface area contributed by atoms with E-state index in [1.807, 2.05) is 0 Å². The number of fused-ring (bicyclic) bond motifs is 1. The van der Waals surface area contributed by atoms with Crippen molar-refractivity contribution in [3.05, 3.63) is 36.3 Å². The number of ketones is 1. The minimum atomic E-state index is -0.717. The topological polar surface area (TPSA) is 103 Å². The monoisotopic (exact) mass is 418 g/mol. The summed E-state index contributed by atoms with van der Waals surface area (Å²) in [6.45, 7) is 8.72. The number of allylic oxidation sites excluding steroid dienone is 1. The minimum absolute atomic E-state index is 0.00805. The van der Waals surface area contributed by atoms with Gasteiger partial charge in [0.1, 0.15) is 18.5 Å². The smallest absolute Gasteiger partial charge is 0.303 e. The van der Waals surface area contributed by atoms with Crippen molar-refractivity contribution < 1.29 is 33.4 Å². The van der Waals surface area contributed by atoms with Crippen LogP contribution in [-0.2, 0) is 19.1 Å². The maximum Gasteiger partial charge on any atom is 0.303 e. The van der Waals surface area contributed by atoms with Crippen LogP contribution in [0.1, 0.15) is 56.8 Å². The Labute approximate surface area is 176 Å². The summed E-state index contributed by atoms with van der Waals surface area (Å²) in [6, 6.07) is 1.64. The molecule has 2 aliphatic rings. The lowest BCUT2D eigenvalue weighted by Crippen LogP contribution is -2.59. The molecular formula is C23H30O7. The number of carbonyl (C=O) groups excluding carboxylic acids is 3. The molecule has 0 spiro atoms. The zero-order chi connectivity index (χ0) is 22.1. The van der Waals surface area contributed by atoms with E-state index in [2.05, 4.69) is 13.5 Å². The SMILES string of the molecule is C=C1CC[C@@H]2[C@H](CO)[C@H](OC(C)=O)[C@H](OC(C)=O)C[C@@]2(C)[C@@H]1CC(=O)c1ccoc1. The van der Waals surface area contributed by atoms with Gasteiger partial charge in [0, 0.05) is 32.8 Å². The highest BCUT2D eigenvalue weighted by Crippen LogP contribution is 2.58. The first-order valence-electron chi connectivity index (χ1n) is 10.4. The van der Waals surface area contributed by atoms with Crippen molar-refractivity contribution in [2.45, 2.75) is 58.7 Å². The second-order valence-corrected chi connectivity index (χ2v) is 8.77. The molecule has 2 saturated carbocycles. The fourth-order valence-corrected chi connectivity index (χ4v) is 5.63. The third kappa shape index (κ3) is 4.21. The molecule has 3 rings (SSSR count). The summed E-state index contributed by atoms with van der Waals surface area (Å²) in [5, 5.41) is 10.2. The van der Waals surface area contributed by atoms with Crippen LogP contribution in [0.25, 0.3) is 0 Å². The predicted octanol–water partition coefficient (Wildman–Crippen LogP) is 3.32. The van der Waals surface area contributed by atoms with Gasteiger partial charge in [-0.25, -0.2) is 0 Å². The number of rotatable bonds is 6. The Morgan fingerprint density at radius 3 is 2.53 bits per heavy atom. The first-order chi connectivity index (χ1) is 14.2. The van der Waals surface area contributed by atoms with E-state index in [-0.39, 0.29) is 30.6 Å². The first-order valence-corrected chi connectivity index (χ1v) is 10.4. The van der Waals surface area contributed by atoms with Crippen LogP contribution in [0.5, 0.6) is 0 Å². The van der Waals surface area contributed by atoms with Gasteiger partial charge in [-0.3, -0.25) is 14.4 Å². The number of esters is 2.